The van der Waals surface area contributed by atoms with E-state index in [4.69, 9.17) is 4.74 Å². The second-order valence-corrected chi connectivity index (χ2v) is 8.67. The number of ether oxygens (including phenoxy) is 1. The maximum Gasteiger partial charge on any atom is 0.310 e. The molecule has 2 N–H and O–H groups in total. The first-order valence-corrected chi connectivity index (χ1v) is 11.0. The molecule has 0 aliphatic heterocycles. The van der Waals surface area contributed by atoms with Crippen LogP contribution in [0.4, 0.5) is 17.1 Å². The first-order chi connectivity index (χ1) is 15.2. The van der Waals surface area contributed by atoms with Gasteiger partial charge in [-0.05, 0) is 67.4 Å². The lowest BCUT2D eigenvalue weighted by Gasteiger charge is -2.11. The Morgan fingerprint density at radius 2 is 1.62 bits per heavy atom. The predicted molar refractivity (Wildman–Crippen MR) is 120 cm³/mol. The zero-order valence-corrected chi connectivity index (χ0v) is 18.2. The quantitative estimate of drug-likeness (QED) is 0.390. The predicted octanol–water partition coefficient (Wildman–Crippen LogP) is 4.03. The van der Waals surface area contributed by atoms with Crippen molar-refractivity contribution in [3.8, 4) is 5.75 Å². The van der Waals surface area contributed by atoms with Gasteiger partial charge < -0.3 is 10.1 Å². The number of benzene rings is 3. The van der Waals surface area contributed by atoms with E-state index in [1.807, 2.05) is 19.9 Å². The van der Waals surface area contributed by atoms with Crippen molar-refractivity contribution in [3.05, 3.63) is 88.0 Å². The molecule has 32 heavy (non-hydrogen) atoms. The number of sulfonamides is 1. The van der Waals surface area contributed by atoms with Crippen molar-refractivity contribution >= 4 is 33.0 Å². The normalized spacial score (nSPS) is 10.9. The summed E-state index contributed by atoms with van der Waals surface area (Å²) in [4.78, 5) is 22.5. The summed E-state index contributed by atoms with van der Waals surface area (Å²) < 4.78 is 33.0. The molecule has 3 aromatic rings. The molecule has 3 aromatic carbocycles. The molecule has 9 nitrogen and oxygen atoms in total. The molecule has 0 fully saturated rings. The van der Waals surface area contributed by atoms with Crippen LogP contribution >= 0.6 is 0 Å². The molecule has 0 unspecified atom stereocenters. The standard InChI is InChI=1S/C22H21N3O6S/c1-15-7-8-18(13-16(15)2)24-32(29,30)19-11-9-17(10-12-19)23-22(26)14-31-21-6-4-3-5-20(21)25(27)28/h3-13,24H,14H2,1-2H3,(H,23,26). The molecule has 0 bridgehead atoms. The fraction of sp³-hybridized carbons (Fsp3) is 0.136. The van der Waals surface area contributed by atoms with Gasteiger partial charge in [-0.2, -0.15) is 0 Å². The van der Waals surface area contributed by atoms with E-state index < -0.39 is 27.5 Å². The van der Waals surface area contributed by atoms with Crippen LogP contribution in [0.25, 0.3) is 0 Å². The van der Waals surface area contributed by atoms with Crippen molar-refractivity contribution in [1.82, 2.24) is 0 Å². The number of para-hydroxylation sites is 2. The van der Waals surface area contributed by atoms with Gasteiger partial charge in [-0.15, -0.1) is 0 Å². The van der Waals surface area contributed by atoms with Crippen molar-refractivity contribution in [2.45, 2.75) is 18.7 Å². The molecule has 0 saturated carbocycles. The van der Waals surface area contributed by atoms with Crippen LogP contribution < -0.4 is 14.8 Å². The van der Waals surface area contributed by atoms with Gasteiger partial charge in [-0.3, -0.25) is 19.6 Å². The second kappa shape index (κ2) is 9.48. The summed E-state index contributed by atoms with van der Waals surface area (Å²) in [7, 11) is -3.80. The molecule has 166 valence electrons. The molecule has 0 saturated heterocycles. The maximum atomic E-state index is 12.6. The molecule has 0 atom stereocenters. The number of hydrogen-bond acceptors (Lipinski definition) is 6. The van der Waals surface area contributed by atoms with E-state index in [2.05, 4.69) is 10.0 Å². The van der Waals surface area contributed by atoms with Gasteiger partial charge in [0.15, 0.2) is 12.4 Å². The van der Waals surface area contributed by atoms with E-state index >= 15 is 0 Å². The number of nitrogens with zero attached hydrogens (tertiary/aromatic N) is 1. The molecule has 0 aliphatic carbocycles. The SMILES string of the molecule is Cc1ccc(NS(=O)(=O)c2ccc(NC(=O)COc3ccccc3[N+](=O)[O-])cc2)cc1C. The Morgan fingerprint density at radius 1 is 0.969 bits per heavy atom. The zero-order valence-electron chi connectivity index (χ0n) is 17.4. The number of carbonyl (C=O) groups excluding carboxylic acids is 1. The summed E-state index contributed by atoms with van der Waals surface area (Å²) >= 11 is 0. The highest BCUT2D eigenvalue weighted by molar-refractivity contribution is 7.92. The third kappa shape index (κ3) is 5.61. The Labute approximate surface area is 185 Å². The molecule has 0 spiro atoms. The third-order valence-corrected chi connectivity index (χ3v) is 6.03. The van der Waals surface area contributed by atoms with Gasteiger partial charge in [0.2, 0.25) is 0 Å². The summed E-state index contributed by atoms with van der Waals surface area (Å²) in [5, 5.41) is 13.5. The summed E-state index contributed by atoms with van der Waals surface area (Å²) in [6, 6.07) is 16.6. The molecule has 0 radical (unpaired) electrons. The number of hydrogen-bond donors (Lipinski definition) is 2. The average Bonchev–Trinajstić information content (AvgIpc) is 2.75. The first kappa shape index (κ1) is 22.8. The minimum absolute atomic E-state index is 0.0218. The van der Waals surface area contributed by atoms with Crippen LogP contribution in [-0.2, 0) is 14.8 Å². The number of rotatable bonds is 8. The van der Waals surface area contributed by atoms with E-state index in [1.165, 1.54) is 42.5 Å². The van der Waals surface area contributed by atoms with Crippen LogP contribution in [0.2, 0.25) is 0 Å². The highest BCUT2D eigenvalue weighted by atomic mass is 32.2. The van der Waals surface area contributed by atoms with E-state index in [-0.39, 0.29) is 16.3 Å². The Morgan fingerprint density at radius 3 is 2.28 bits per heavy atom. The van der Waals surface area contributed by atoms with Crippen LogP contribution in [0.1, 0.15) is 11.1 Å². The van der Waals surface area contributed by atoms with Crippen LogP contribution in [0.3, 0.4) is 0 Å². The number of carbonyl (C=O) groups is 1. The lowest BCUT2D eigenvalue weighted by atomic mass is 10.1. The van der Waals surface area contributed by atoms with Crippen molar-refractivity contribution < 1.29 is 22.9 Å². The molecule has 10 heteroatoms. The molecule has 0 heterocycles. The Bertz CT molecular complexity index is 1260. The second-order valence-electron chi connectivity index (χ2n) is 6.99. The summed E-state index contributed by atoms with van der Waals surface area (Å²) in [5.41, 5.74) is 2.58. The van der Waals surface area contributed by atoms with Crippen LogP contribution in [0.5, 0.6) is 5.75 Å². The molecular formula is C22H21N3O6S. The molecule has 0 aromatic heterocycles. The lowest BCUT2D eigenvalue weighted by Crippen LogP contribution is -2.20. The molecule has 1 amide bonds. The zero-order chi connectivity index (χ0) is 23.3. The smallest absolute Gasteiger partial charge is 0.310 e. The minimum Gasteiger partial charge on any atom is -0.477 e. The van der Waals surface area contributed by atoms with Gasteiger partial charge in [0.1, 0.15) is 0 Å². The summed E-state index contributed by atoms with van der Waals surface area (Å²) in [6.07, 6.45) is 0. The molecule has 0 aliphatic rings. The molecule has 3 rings (SSSR count). The van der Waals surface area contributed by atoms with E-state index in [0.29, 0.717) is 11.4 Å². The number of nitro benzene ring substituents is 1. The Kier molecular flexibility index (Phi) is 6.74. The van der Waals surface area contributed by atoms with Gasteiger partial charge in [0, 0.05) is 17.4 Å². The third-order valence-electron chi connectivity index (χ3n) is 4.63. The largest absolute Gasteiger partial charge is 0.477 e. The van der Waals surface area contributed by atoms with Crippen LogP contribution in [0, 0.1) is 24.0 Å². The highest BCUT2D eigenvalue weighted by Crippen LogP contribution is 2.26. The highest BCUT2D eigenvalue weighted by Gasteiger charge is 2.16. The van der Waals surface area contributed by atoms with E-state index in [9.17, 15) is 23.3 Å². The summed E-state index contributed by atoms with van der Waals surface area (Å²) in [5.74, 6) is -0.571. The van der Waals surface area contributed by atoms with Crippen molar-refractivity contribution in [2.24, 2.45) is 0 Å². The van der Waals surface area contributed by atoms with Gasteiger partial charge >= 0.3 is 5.69 Å². The number of anilines is 2. The fourth-order valence-corrected chi connectivity index (χ4v) is 3.86. The number of nitro groups is 1. The van der Waals surface area contributed by atoms with Gasteiger partial charge in [0.25, 0.3) is 15.9 Å². The number of amides is 1. The fourth-order valence-electron chi connectivity index (χ4n) is 2.81. The minimum atomic E-state index is -3.80. The van der Waals surface area contributed by atoms with Crippen molar-refractivity contribution in [2.75, 3.05) is 16.6 Å². The van der Waals surface area contributed by atoms with Gasteiger partial charge in [-0.1, -0.05) is 18.2 Å². The van der Waals surface area contributed by atoms with Crippen LogP contribution in [0.15, 0.2) is 71.6 Å². The van der Waals surface area contributed by atoms with Crippen molar-refractivity contribution in [3.63, 3.8) is 0 Å². The topological polar surface area (TPSA) is 128 Å². The Balaban J connectivity index is 1.62. The first-order valence-electron chi connectivity index (χ1n) is 9.52. The molecular weight excluding hydrogens is 434 g/mol. The summed E-state index contributed by atoms with van der Waals surface area (Å²) in [6.45, 7) is 3.39. The number of nitrogens with one attached hydrogen (secondary N) is 2. The van der Waals surface area contributed by atoms with E-state index in [1.54, 1.807) is 18.2 Å². The Hall–Kier alpha value is -3.92. The van der Waals surface area contributed by atoms with E-state index in [0.717, 1.165) is 11.1 Å². The van der Waals surface area contributed by atoms with Gasteiger partial charge in [0.05, 0.1) is 9.82 Å². The van der Waals surface area contributed by atoms with Crippen molar-refractivity contribution in [1.29, 1.82) is 0 Å². The maximum absolute atomic E-state index is 12.6. The van der Waals surface area contributed by atoms with Gasteiger partial charge in [-0.25, -0.2) is 8.42 Å². The number of aryl methyl sites for hydroxylation is 2. The average molecular weight is 455 g/mol. The monoisotopic (exact) mass is 455 g/mol. The lowest BCUT2D eigenvalue weighted by molar-refractivity contribution is -0.385. The van der Waals surface area contributed by atoms with Crippen LogP contribution in [-0.4, -0.2) is 25.9 Å².